The first kappa shape index (κ1) is 17.5. The van der Waals surface area contributed by atoms with E-state index in [4.69, 9.17) is 0 Å². The van der Waals surface area contributed by atoms with Crippen molar-refractivity contribution in [2.75, 3.05) is 19.6 Å². The molecule has 0 bridgehead atoms. The molecule has 0 aliphatic carbocycles. The first-order chi connectivity index (χ1) is 10.8. The molecule has 1 N–H and O–H groups in total. The van der Waals surface area contributed by atoms with Crippen LogP contribution in [0.3, 0.4) is 0 Å². The summed E-state index contributed by atoms with van der Waals surface area (Å²) in [5.41, 5.74) is 0. The number of fused-ring (bicyclic) bond motifs is 1. The van der Waals surface area contributed by atoms with Crippen molar-refractivity contribution < 1.29 is 4.79 Å². The highest BCUT2D eigenvalue weighted by atomic mass is 16.2. The molecule has 2 aliphatic rings. The van der Waals surface area contributed by atoms with Gasteiger partial charge in [0, 0.05) is 25.2 Å². The summed E-state index contributed by atoms with van der Waals surface area (Å²) in [6, 6.07) is 0. The first-order valence-corrected chi connectivity index (χ1v) is 9.35. The summed E-state index contributed by atoms with van der Waals surface area (Å²) in [6.45, 7) is 5.12. The zero-order valence-electron chi connectivity index (χ0n) is 14.2. The van der Waals surface area contributed by atoms with Gasteiger partial charge in [0.25, 0.3) is 0 Å². The number of carbonyl (C=O) groups excluding carboxylic acids is 1. The van der Waals surface area contributed by atoms with Gasteiger partial charge in [-0.3, -0.25) is 9.79 Å². The molecule has 2 atom stereocenters. The second-order valence-corrected chi connectivity index (χ2v) is 6.73. The fourth-order valence-corrected chi connectivity index (χ4v) is 3.54. The summed E-state index contributed by atoms with van der Waals surface area (Å²) in [5, 5.41) is 3.39. The van der Waals surface area contributed by atoms with Crippen molar-refractivity contribution >= 4 is 12.1 Å². The Kier molecular flexibility index (Phi) is 7.92. The molecule has 0 spiro atoms. The average Bonchev–Trinajstić information content (AvgIpc) is 2.83. The minimum atomic E-state index is 0.121. The maximum absolute atomic E-state index is 12.6. The van der Waals surface area contributed by atoms with Crippen molar-refractivity contribution in [2.45, 2.75) is 77.3 Å². The van der Waals surface area contributed by atoms with Crippen LogP contribution < -0.4 is 5.32 Å². The molecule has 2 aliphatic heterocycles. The molecule has 2 rings (SSSR count). The van der Waals surface area contributed by atoms with Crippen LogP contribution in [0, 0.1) is 5.92 Å². The summed E-state index contributed by atoms with van der Waals surface area (Å²) in [6.07, 6.45) is 13.9. The molecule has 2 unspecified atom stereocenters. The van der Waals surface area contributed by atoms with Crippen LogP contribution in [-0.4, -0.2) is 42.8 Å². The molecule has 2 heterocycles. The monoisotopic (exact) mass is 307 g/mol. The van der Waals surface area contributed by atoms with Gasteiger partial charge in [0.05, 0.1) is 0 Å². The molecule has 0 saturated carbocycles. The highest BCUT2D eigenvalue weighted by molar-refractivity contribution is 5.81. The van der Waals surface area contributed by atoms with Crippen LogP contribution in [0.2, 0.25) is 0 Å². The molecule has 126 valence electrons. The van der Waals surface area contributed by atoms with Crippen LogP contribution in [0.15, 0.2) is 4.99 Å². The van der Waals surface area contributed by atoms with Crippen LogP contribution in [0.4, 0.5) is 0 Å². The summed E-state index contributed by atoms with van der Waals surface area (Å²) < 4.78 is 0. The fraction of sp³-hybridized carbons (Fsp3) is 0.889. The molecule has 4 nitrogen and oxygen atoms in total. The Morgan fingerprint density at radius 3 is 2.91 bits per heavy atom. The third-order valence-electron chi connectivity index (χ3n) is 4.87. The Labute approximate surface area is 135 Å². The van der Waals surface area contributed by atoms with E-state index < -0.39 is 0 Å². The van der Waals surface area contributed by atoms with E-state index in [1.807, 2.05) is 11.1 Å². The summed E-state index contributed by atoms with van der Waals surface area (Å²) in [4.78, 5) is 19.3. The highest BCUT2D eigenvalue weighted by Gasteiger charge is 2.38. The zero-order valence-corrected chi connectivity index (χ0v) is 14.2. The van der Waals surface area contributed by atoms with E-state index >= 15 is 0 Å². The summed E-state index contributed by atoms with van der Waals surface area (Å²) >= 11 is 0. The second-order valence-electron chi connectivity index (χ2n) is 6.73. The molecule has 1 fully saturated rings. The van der Waals surface area contributed by atoms with Crippen LogP contribution in [0.25, 0.3) is 0 Å². The normalized spacial score (nSPS) is 26.2. The standard InChI is InChI=1S/C18H33N3O/c1-2-3-4-5-6-7-10-16-15-17-20-13-8-11-19-12-9-14-21(17)18(16)22/h13,16-17,19H,2-12,14-15H2,1H3. The van der Waals surface area contributed by atoms with E-state index in [1.54, 1.807) is 0 Å². The third-order valence-corrected chi connectivity index (χ3v) is 4.87. The smallest absolute Gasteiger partial charge is 0.227 e. The number of hydrogen-bond donors (Lipinski definition) is 1. The van der Waals surface area contributed by atoms with Gasteiger partial charge in [-0.2, -0.15) is 0 Å². The van der Waals surface area contributed by atoms with Crippen LogP contribution in [0.5, 0.6) is 0 Å². The Morgan fingerprint density at radius 2 is 2.05 bits per heavy atom. The van der Waals surface area contributed by atoms with Gasteiger partial charge in [-0.05, 0) is 32.2 Å². The van der Waals surface area contributed by atoms with E-state index in [1.165, 1.54) is 38.5 Å². The Morgan fingerprint density at radius 1 is 1.23 bits per heavy atom. The van der Waals surface area contributed by atoms with Gasteiger partial charge >= 0.3 is 0 Å². The first-order valence-electron chi connectivity index (χ1n) is 9.35. The lowest BCUT2D eigenvalue weighted by Gasteiger charge is -2.22. The van der Waals surface area contributed by atoms with Crippen LogP contribution in [-0.2, 0) is 4.79 Å². The molecule has 0 aromatic heterocycles. The molecule has 0 aromatic carbocycles. The van der Waals surface area contributed by atoms with E-state index in [0.29, 0.717) is 5.91 Å². The minimum absolute atomic E-state index is 0.121. The lowest BCUT2D eigenvalue weighted by atomic mass is 9.98. The second kappa shape index (κ2) is 9.98. The summed E-state index contributed by atoms with van der Waals surface area (Å²) in [7, 11) is 0. The molecule has 22 heavy (non-hydrogen) atoms. The Hall–Kier alpha value is -0.900. The van der Waals surface area contributed by atoms with E-state index in [2.05, 4.69) is 17.2 Å². The van der Waals surface area contributed by atoms with Crippen LogP contribution in [0.1, 0.15) is 71.1 Å². The maximum Gasteiger partial charge on any atom is 0.227 e. The molecular weight excluding hydrogens is 274 g/mol. The molecule has 1 amide bonds. The fourth-order valence-electron chi connectivity index (χ4n) is 3.54. The molecule has 0 radical (unpaired) electrons. The van der Waals surface area contributed by atoms with E-state index in [0.717, 1.165) is 45.3 Å². The van der Waals surface area contributed by atoms with Gasteiger partial charge in [-0.15, -0.1) is 0 Å². The van der Waals surface area contributed by atoms with Crippen molar-refractivity contribution in [1.82, 2.24) is 10.2 Å². The van der Waals surface area contributed by atoms with E-state index in [9.17, 15) is 4.79 Å². The predicted octanol–water partition coefficient (Wildman–Crippen LogP) is 3.37. The minimum Gasteiger partial charge on any atom is -0.320 e. The molecule has 1 saturated heterocycles. The van der Waals surface area contributed by atoms with Gasteiger partial charge in [0.1, 0.15) is 6.17 Å². The molecular formula is C18H33N3O. The maximum atomic E-state index is 12.6. The number of aliphatic imine (C=N–C) groups is 1. The van der Waals surface area contributed by atoms with Crippen molar-refractivity contribution in [3.8, 4) is 0 Å². The third kappa shape index (κ3) is 5.38. The number of unbranched alkanes of at least 4 members (excludes halogenated alkanes) is 5. The number of carbonyl (C=O) groups is 1. The average molecular weight is 307 g/mol. The number of nitrogens with zero attached hydrogens (tertiary/aromatic N) is 2. The Bertz CT molecular complexity index is 356. The molecule has 0 aromatic rings. The number of hydrogen-bond acceptors (Lipinski definition) is 3. The van der Waals surface area contributed by atoms with Gasteiger partial charge in [0.2, 0.25) is 5.91 Å². The number of nitrogens with one attached hydrogen (secondary N) is 1. The summed E-state index contributed by atoms with van der Waals surface area (Å²) in [5.74, 6) is 0.582. The largest absolute Gasteiger partial charge is 0.320 e. The topological polar surface area (TPSA) is 44.7 Å². The van der Waals surface area contributed by atoms with Gasteiger partial charge in [-0.1, -0.05) is 45.4 Å². The predicted molar refractivity (Wildman–Crippen MR) is 92.2 cm³/mol. The zero-order chi connectivity index (χ0) is 15.6. The number of rotatable bonds is 7. The van der Waals surface area contributed by atoms with E-state index in [-0.39, 0.29) is 12.1 Å². The van der Waals surface area contributed by atoms with Crippen LogP contribution >= 0.6 is 0 Å². The highest BCUT2D eigenvalue weighted by Crippen LogP contribution is 2.30. The lowest BCUT2D eigenvalue weighted by molar-refractivity contribution is -0.132. The quantitative estimate of drug-likeness (QED) is 0.733. The lowest BCUT2D eigenvalue weighted by Crippen LogP contribution is -2.36. The Balaban J connectivity index is 1.76. The SMILES string of the molecule is CCCCCCCCC1CC2N=CCCNCCCN2C1=O. The van der Waals surface area contributed by atoms with Crippen molar-refractivity contribution in [1.29, 1.82) is 0 Å². The number of amides is 1. The van der Waals surface area contributed by atoms with Gasteiger partial charge < -0.3 is 10.2 Å². The van der Waals surface area contributed by atoms with Gasteiger partial charge in [-0.25, -0.2) is 0 Å². The molecule has 4 heteroatoms. The van der Waals surface area contributed by atoms with Crippen molar-refractivity contribution in [3.63, 3.8) is 0 Å². The van der Waals surface area contributed by atoms with Crippen molar-refractivity contribution in [3.05, 3.63) is 0 Å². The van der Waals surface area contributed by atoms with Crippen molar-refractivity contribution in [2.24, 2.45) is 10.9 Å². The van der Waals surface area contributed by atoms with Gasteiger partial charge in [0.15, 0.2) is 0 Å².